The van der Waals surface area contributed by atoms with Gasteiger partial charge in [-0.1, -0.05) is 30.3 Å². The lowest BCUT2D eigenvalue weighted by atomic mass is 10.1. The average molecular weight is 414 g/mol. The summed E-state index contributed by atoms with van der Waals surface area (Å²) in [5, 5.41) is 4.67. The Morgan fingerprint density at radius 1 is 0.968 bits per heavy atom. The Balaban J connectivity index is 1.69. The second-order valence-electron chi connectivity index (χ2n) is 6.96. The van der Waals surface area contributed by atoms with Gasteiger partial charge in [-0.15, -0.1) is 0 Å². The Bertz CT molecular complexity index is 1200. The van der Waals surface area contributed by atoms with E-state index in [4.69, 9.17) is 4.74 Å². The lowest BCUT2D eigenvalue weighted by molar-refractivity contribution is 0.0963. The Labute approximate surface area is 179 Å². The summed E-state index contributed by atoms with van der Waals surface area (Å²) in [5.74, 6) is 0.645. The van der Waals surface area contributed by atoms with E-state index in [0.717, 1.165) is 22.6 Å². The summed E-state index contributed by atoms with van der Waals surface area (Å²) in [6, 6.07) is 18.9. The van der Waals surface area contributed by atoms with Gasteiger partial charge in [0.05, 0.1) is 18.4 Å². The first kappa shape index (κ1) is 20.1. The van der Waals surface area contributed by atoms with Crippen LogP contribution in [-0.2, 0) is 0 Å². The van der Waals surface area contributed by atoms with Crippen molar-refractivity contribution in [2.45, 2.75) is 13.8 Å². The molecule has 2 N–H and O–H groups in total. The zero-order valence-corrected chi connectivity index (χ0v) is 17.5. The molecule has 8 heteroatoms. The highest BCUT2D eigenvalue weighted by Gasteiger charge is 2.19. The van der Waals surface area contributed by atoms with Crippen LogP contribution in [0.15, 0.2) is 66.9 Å². The lowest BCUT2D eigenvalue weighted by Gasteiger charge is -2.08. The van der Waals surface area contributed by atoms with Gasteiger partial charge in [0, 0.05) is 23.1 Å². The maximum Gasteiger partial charge on any atom is 0.273 e. The van der Waals surface area contributed by atoms with Crippen LogP contribution in [0.25, 0.3) is 16.9 Å². The van der Waals surface area contributed by atoms with Gasteiger partial charge in [-0.05, 0) is 44.2 Å². The minimum atomic E-state index is -0.359. The molecule has 0 fully saturated rings. The van der Waals surface area contributed by atoms with E-state index < -0.39 is 0 Å². The lowest BCUT2D eigenvalue weighted by Crippen LogP contribution is -2.30. The molecule has 156 valence electrons. The molecule has 0 aliphatic heterocycles. The Hall–Kier alpha value is -4.20. The summed E-state index contributed by atoms with van der Waals surface area (Å²) in [6.45, 7) is 3.74. The fraction of sp³-hybridized carbons (Fsp3) is 0.130. The number of benzene rings is 2. The molecule has 4 rings (SSSR count). The maximum atomic E-state index is 13.1. The van der Waals surface area contributed by atoms with E-state index in [0.29, 0.717) is 23.0 Å². The Kier molecular flexibility index (Phi) is 5.61. The van der Waals surface area contributed by atoms with Gasteiger partial charge in [-0.25, -0.2) is 14.6 Å². The highest BCUT2D eigenvalue weighted by Crippen LogP contribution is 2.27. The minimum absolute atomic E-state index is 0.323. The van der Waals surface area contributed by atoms with Crippen LogP contribution in [0.4, 0.5) is 5.95 Å². The van der Waals surface area contributed by atoms with Gasteiger partial charge in [0.15, 0.2) is 0 Å². The molecule has 2 heterocycles. The van der Waals surface area contributed by atoms with Crippen molar-refractivity contribution in [2.24, 2.45) is 0 Å². The normalized spacial score (nSPS) is 10.5. The number of amides is 1. The second-order valence-corrected chi connectivity index (χ2v) is 6.96. The first-order valence-corrected chi connectivity index (χ1v) is 9.71. The van der Waals surface area contributed by atoms with Crippen molar-refractivity contribution in [2.75, 3.05) is 12.5 Å². The fourth-order valence-corrected chi connectivity index (χ4v) is 3.20. The van der Waals surface area contributed by atoms with E-state index in [1.807, 2.05) is 74.5 Å². The first-order chi connectivity index (χ1) is 15.0. The predicted octanol–water partition coefficient (Wildman–Crippen LogP) is 3.71. The number of aromatic nitrogens is 4. The number of carbonyl (C=O) groups is 1. The number of ether oxygens (including phenoxy) is 1. The van der Waals surface area contributed by atoms with Crippen LogP contribution < -0.4 is 15.6 Å². The summed E-state index contributed by atoms with van der Waals surface area (Å²) in [4.78, 5) is 21.6. The Morgan fingerprint density at radius 2 is 1.71 bits per heavy atom. The van der Waals surface area contributed by atoms with Gasteiger partial charge in [0.1, 0.15) is 11.4 Å². The molecule has 0 unspecified atom stereocenters. The van der Waals surface area contributed by atoms with E-state index >= 15 is 0 Å². The van der Waals surface area contributed by atoms with Crippen molar-refractivity contribution in [3.63, 3.8) is 0 Å². The third-order valence-corrected chi connectivity index (χ3v) is 4.59. The monoisotopic (exact) mass is 414 g/mol. The van der Waals surface area contributed by atoms with E-state index in [2.05, 4.69) is 25.9 Å². The van der Waals surface area contributed by atoms with Crippen LogP contribution in [0.1, 0.15) is 21.7 Å². The molecule has 0 bridgehead atoms. The first-order valence-electron chi connectivity index (χ1n) is 9.71. The molecule has 31 heavy (non-hydrogen) atoms. The number of nitrogens with zero attached hydrogens (tertiary/aromatic N) is 4. The highest BCUT2D eigenvalue weighted by atomic mass is 16.5. The van der Waals surface area contributed by atoms with Crippen molar-refractivity contribution < 1.29 is 9.53 Å². The van der Waals surface area contributed by atoms with Gasteiger partial charge in [-0.2, -0.15) is 5.10 Å². The SMILES string of the molecule is COc1cccc(-c2nn(-c3ccccc3)cc2C(=O)NNc2nc(C)cc(C)n2)c1. The molecule has 0 radical (unpaired) electrons. The van der Waals surface area contributed by atoms with Crippen LogP contribution >= 0.6 is 0 Å². The largest absolute Gasteiger partial charge is 0.497 e. The van der Waals surface area contributed by atoms with Crippen LogP contribution in [-0.4, -0.2) is 32.8 Å². The number of carbonyl (C=O) groups excluding carboxylic acids is 1. The highest BCUT2D eigenvalue weighted by molar-refractivity contribution is 6.00. The van der Waals surface area contributed by atoms with Crippen molar-refractivity contribution in [3.8, 4) is 22.7 Å². The van der Waals surface area contributed by atoms with Gasteiger partial charge in [-0.3, -0.25) is 15.6 Å². The topological polar surface area (TPSA) is 94.0 Å². The molecular formula is C23H22N6O2. The summed E-state index contributed by atoms with van der Waals surface area (Å²) in [5.41, 5.74) is 9.61. The fourth-order valence-electron chi connectivity index (χ4n) is 3.20. The van der Waals surface area contributed by atoms with Crippen LogP contribution in [0.3, 0.4) is 0 Å². The Morgan fingerprint density at radius 3 is 2.42 bits per heavy atom. The molecular weight excluding hydrogens is 392 g/mol. The van der Waals surface area contributed by atoms with E-state index in [9.17, 15) is 4.79 Å². The summed E-state index contributed by atoms with van der Waals surface area (Å²) in [6.07, 6.45) is 1.70. The van der Waals surface area contributed by atoms with Crippen molar-refractivity contribution >= 4 is 11.9 Å². The third kappa shape index (κ3) is 4.53. The van der Waals surface area contributed by atoms with Crippen LogP contribution in [0.5, 0.6) is 5.75 Å². The molecule has 0 aliphatic carbocycles. The van der Waals surface area contributed by atoms with Crippen molar-refractivity contribution in [1.82, 2.24) is 25.2 Å². The van der Waals surface area contributed by atoms with Gasteiger partial charge < -0.3 is 4.74 Å². The van der Waals surface area contributed by atoms with E-state index in [1.165, 1.54) is 0 Å². The molecule has 2 aromatic carbocycles. The minimum Gasteiger partial charge on any atom is -0.497 e. The van der Waals surface area contributed by atoms with E-state index in [1.54, 1.807) is 18.0 Å². The summed E-state index contributed by atoms with van der Waals surface area (Å²) in [7, 11) is 1.60. The average Bonchev–Trinajstić information content (AvgIpc) is 3.23. The van der Waals surface area contributed by atoms with Crippen LogP contribution in [0, 0.1) is 13.8 Å². The van der Waals surface area contributed by atoms with Crippen molar-refractivity contribution in [3.05, 3.63) is 83.8 Å². The van der Waals surface area contributed by atoms with Crippen molar-refractivity contribution in [1.29, 1.82) is 0 Å². The molecule has 0 saturated carbocycles. The quantitative estimate of drug-likeness (QED) is 0.467. The summed E-state index contributed by atoms with van der Waals surface area (Å²) < 4.78 is 7.01. The molecule has 2 aromatic heterocycles. The molecule has 0 spiro atoms. The number of para-hydroxylation sites is 1. The third-order valence-electron chi connectivity index (χ3n) is 4.59. The zero-order valence-electron chi connectivity index (χ0n) is 17.5. The number of rotatable bonds is 6. The molecule has 0 atom stereocenters. The molecule has 4 aromatic rings. The molecule has 0 aliphatic rings. The number of nitrogens with one attached hydrogen (secondary N) is 2. The number of methoxy groups -OCH3 is 1. The number of hydrazine groups is 1. The van der Waals surface area contributed by atoms with Gasteiger partial charge in [0.25, 0.3) is 5.91 Å². The standard InChI is InChI=1S/C23H22N6O2/c1-15-12-16(2)25-23(24-15)27-26-22(30)20-14-29(18-9-5-4-6-10-18)28-21(20)17-8-7-11-19(13-17)31-3/h4-14H,1-3H3,(H,26,30)(H,24,25,27). The van der Waals surface area contributed by atoms with Crippen LogP contribution in [0.2, 0.25) is 0 Å². The second kappa shape index (κ2) is 8.66. The van der Waals surface area contributed by atoms with Gasteiger partial charge in [0.2, 0.25) is 5.95 Å². The number of aryl methyl sites for hydroxylation is 2. The predicted molar refractivity (Wildman–Crippen MR) is 118 cm³/mol. The van der Waals surface area contributed by atoms with E-state index in [-0.39, 0.29) is 5.91 Å². The van der Waals surface area contributed by atoms with Gasteiger partial charge >= 0.3 is 0 Å². The number of hydrogen-bond donors (Lipinski definition) is 2. The summed E-state index contributed by atoms with van der Waals surface area (Å²) >= 11 is 0. The smallest absolute Gasteiger partial charge is 0.273 e. The number of hydrogen-bond acceptors (Lipinski definition) is 6. The number of anilines is 1. The maximum absolute atomic E-state index is 13.1. The molecule has 0 saturated heterocycles. The zero-order chi connectivity index (χ0) is 21.8. The molecule has 1 amide bonds. The molecule has 8 nitrogen and oxygen atoms in total.